The van der Waals surface area contributed by atoms with Gasteiger partial charge in [-0.1, -0.05) is 6.92 Å². The summed E-state index contributed by atoms with van der Waals surface area (Å²) in [4.78, 5) is 0. The van der Waals surface area contributed by atoms with E-state index in [1.54, 1.807) is 0 Å². The predicted molar refractivity (Wildman–Crippen MR) is 60.4 cm³/mol. The molecule has 0 aliphatic heterocycles. The molecule has 3 heteroatoms. The van der Waals surface area contributed by atoms with E-state index in [1.807, 2.05) is 6.92 Å². The monoisotopic (exact) mass is 225 g/mol. The SMILES string of the molecule is CC(CCNC1CC1)c1cc(F)cc(F)c1. The van der Waals surface area contributed by atoms with Crippen LogP contribution in [0.25, 0.3) is 0 Å². The molecule has 1 saturated carbocycles. The summed E-state index contributed by atoms with van der Waals surface area (Å²) in [6.07, 6.45) is 3.45. The van der Waals surface area contributed by atoms with Crippen molar-refractivity contribution < 1.29 is 8.78 Å². The normalized spacial score (nSPS) is 17.4. The van der Waals surface area contributed by atoms with Crippen LogP contribution in [0.4, 0.5) is 8.78 Å². The summed E-state index contributed by atoms with van der Waals surface area (Å²) < 4.78 is 26.0. The molecular formula is C13H17F2N. The number of nitrogens with one attached hydrogen (secondary N) is 1. The second kappa shape index (κ2) is 4.91. The fourth-order valence-corrected chi connectivity index (χ4v) is 1.82. The first-order valence-corrected chi connectivity index (χ1v) is 5.84. The maximum absolute atomic E-state index is 13.0. The minimum atomic E-state index is -0.489. The molecule has 0 bridgehead atoms. The molecule has 0 radical (unpaired) electrons. The topological polar surface area (TPSA) is 12.0 Å². The summed E-state index contributed by atoms with van der Waals surface area (Å²) >= 11 is 0. The number of benzene rings is 1. The molecule has 0 amide bonds. The molecule has 2 rings (SSSR count). The lowest BCUT2D eigenvalue weighted by atomic mass is 9.97. The molecule has 1 N–H and O–H groups in total. The van der Waals surface area contributed by atoms with E-state index in [4.69, 9.17) is 0 Å². The third-order valence-corrected chi connectivity index (χ3v) is 3.04. The Morgan fingerprint density at radius 1 is 1.25 bits per heavy atom. The van der Waals surface area contributed by atoms with Crippen LogP contribution in [0.3, 0.4) is 0 Å². The molecule has 0 saturated heterocycles. The Hall–Kier alpha value is -0.960. The Balaban J connectivity index is 1.88. The van der Waals surface area contributed by atoms with Gasteiger partial charge in [0.05, 0.1) is 0 Å². The van der Waals surface area contributed by atoms with Crippen molar-refractivity contribution >= 4 is 0 Å². The van der Waals surface area contributed by atoms with E-state index in [9.17, 15) is 8.78 Å². The zero-order chi connectivity index (χ0) is 11.5. The molecule has 16 heavy (non-hydrogen) atoms. The highest BCUT2D eigenvalue weighted by Gasteiger charge is 2.20. The van der Waals surface area contributed by atoms with Gasteiger partial charge in [0.15, 0.2) is 0 Å². The Kier molecular flexibility index (Phi) is 3.54. The fraction of sp³-hybridized carbons (Fsp3) is 0.538. The second-order valence-corrected chi connectivity index (χ2v) is 4.62. The van der Waals surface area contributed by atoms with Crippen molar-refractivity contribution in [2.24, 2.45) is 0 Å². The average molecular weight is 225 g/mol. The lowest BCUT2D eigenvalue weighted by molar-refractivity contribution is 0.560. The van der Waals surface area contributed by atoms with Crippen LogP contribution in [0, 0.1) is 11.6 Å². The van der Waals surface area contributed by atoms with Gasteiger partial charge in [-0.2, -0.15) is 0 Å². The summed E-state index contributed by atoms with van der Waals surface area (Å²) in [7, 11) is 0. The Morgan fingerprint density at radius 3 is 2.44 bits per heavy atom. The Labute approximate surface area is 94.9 Å². The summed E-state index contributed by atoms with van der Waals surface area (Å²) in [6, 6.07) is 4.45. The Morgan fingerprint density at radius 2 is 1.88 bits per heavy atom. The number of halogens is 2. The van der Waals surface area contributed by atoms with E-state index in [-0.39, 0.29) is 5.92 Å². The maximum atomic E-state index is 13.0. The fourth-order valence-electron chi connectivity index (χ4n) is 1.82. The Bertz CT molecular complexity index is 341. The molecule has 1 unspecified atom stereocenters. The minimum absolute atomic E-state index is 0.191. The lowest BCUT2D eigenvalue weighted by Crippen LogP contribution is -2.19. The van der Waals surface area contributed by atoms with Gasteiger partial charge in [-0.3, -0.25) is 0 Å². The van der Waals surface area contributed by atoms with Crippen LogP contribution in [-0.2, 0) is 0 Å². The van der Waals surface area contributed by atoms with Gasteiger partial charge in [0.25, 0.3) is 0 Å². The van der Waals surface area contributed by atoms with Gasteiger partial charge < -0.3 is 5.32 Å². The quantitative estimate of drug-likeness (QED) is 0.811. The predicted octanol–water partition coefficient (Wildman–Crippen LogP) is 3.21. The van der Waals surface area contributed by atoms with Gasteiger partial charge in [0, 0.05) is 12.1 Å². The molecule has 1 aromatic rings. The van der Waals surface area contributed by atoms with E-state index in [0.717, 1.165) is 24.6 Å². The van der Waals surface area contributed by atoms with E-state index in [1.165, 1.54) is 25.0 Å². The molecule has 1 fully saturated rings. The van der Waals surface area contributed by atoms with Gasteiger partial charge in [-0.05, 0) is 49.4 Å². The first-order chi connectivity index (χ1) is 7.65. The summed E-state index contributed by atoms with van der Waals surface area (Å²) in [5, 5.41) is 3.40. The van der Waals surface area contributed by atoms with Crippen molar-refractivity contribution in [2.45, 2.75) is 38.1 Å². The molecule has 0 aromatic heterocycles. The molecular weight excluding hydrogens is 208 g/mol. The minimum Gasteiger partial charge on any atom is -0.314 e. The molecule has 0 spiro atoms. The maximum Gasteiger partial charge on any atom is 0.126 e. The van der Waals surface area contributed by atoms with Crippen LogP contribution in [0.2, 0.25) is 0 Å². The van der Waals surface area contributed by atoms with Crippen molar-refractivity contribution in [1.82, 2.24) is 5.32 Å². The number of rotatable bonds is 5. The van der Waals surface area contributed by atoms with E-state index >= 15 is 0 Å². The van der Waals surface area contributed by atoms with Crippen LogP contribution >= 0.6 is 0 Å². The molecule has 1 nitrogen and oxygen atoms in total. The van der Waals surface area contributed by atoms with Crippen molar-refractivity contribution in [3.05, 3.63) is 35.4 Å². The lowest BCUT2D eigenvalue weighted by Gasteiger charge is -2.12. The zero-order valence-electron chi connectivity index (χ0n) is 9.47. The van der Waals surface area contributed by atoms with Crippen LogP contribution in [-0.4, -0.2) is 12.6 Å². The first-order valence-electron chi connectivity index (χ1n) is 5.84. The van der Waals surface area contributed by atoms with Crippen molar-refractivity contribution in [1.29, 1.82) is 0 Å². The molecule has 1 aliphatic rings. The van der Waals surface area contributed by atoms with Crippen LogP contribution in [0.5, 0.6) is 0 Å². The van der Waals surface area contributed by atoms with Crippen LogP contribution in [0.1, 0.15) is 37.7 Å². The van der Waals surface area contributed by atoms with Gasteiger partial charge >= 0.3 is 0 Å². The molecule has 1 aliphatic carbocycles. The van der Waals surface area contributed by atoms with Crippen LogP contribution in [0.15, 0.2) is 18.2 Å². The largest absolute Gasteiger partial charge is 0.314 e. The number of hydrogen-bond acceptors (Lipinski definition) is 1. The zero-order valence-corrected chi connectivity index (χ0v) is 9.47. The van der Waals surface area contributed by atoms with E-state index in [2.05, 4.69) is 5.32 Å². The third-order valence-electron chi connectivity index (χ3n) is 3.04. The van der Waals surface area contributed by atoms with Crippen molar-refractivity contribution in [2.75, 3.05) is 6.54 Å². The van der Waals surface area contributed by atoms with Gasteiger partial charge in [-0.25, -0.2) is 8.78 Å². The molecule has 1 atom stereocenters. The first kappa shape index (κ1) is 11.5. The molecule has 1 aromatic carbocycles. The van der Waals surface area contributed by atoms with Crippen molar-refractivity contribution in [3.63, 3.8) is 0 Å². The second-order valence-electron chi connectivity index (χ2n) is 4.62. The van der Waals surface area contributed by atoms with E-state index < -0.39 is 11.6 Å². The van der Waals surface area contributed by atoms with Crippen LogP contribution < -0.4 is 5.32 Å². The smallest absolute Gasteiger partial charge is 0.126 e. The molecule has 0 heterocycles. The highest BCUT2D eigenvalue weighted by Crippen LogP contribution is 2.22. The third kappa shape index (κ3) is 3.27. The highest BCUT2D eigenvalue weighted by atomic mass is 19.1. The van der Waals surface area contributed by atoms with Gasteiger partial charge in [0.1, 0.15) is 11.6 Å². The van der Waals surface area contributed by atoms with Crippen molar-refractivity contribution in [3.8, 4) is 0 Å². The average Bonchev–Trinajstić information content (AvgIpc) is 3.00. The summed E-state index contributed by atoms with van der Waals surface area (Å²) in [5.74, 6) is -0.787. The standard InChI is InChI=1S/C13H17F2N/c1-9(4-5-16-13-2-3-13)10-6-11(14)8-12(15)7-10/h6-9,13,16H,2-5H2,1H3. The summed E-state index contributed by atoms with van der Waals surface area (Å²) in [5.41, 5.74) is 0.745. The van der Waals surface area contributed by atoms with E-state index in [0.29, 0.717) is 6.04 Å². The molecule has 88 valence electrons. The highest BCUT2D eigenvalue weighted by molar-refractivity contribution is 5.21. The van der Waals surface area contributed by atoms with Gasteiger partial charge in [0.2, 0.25) is 0 Å². The number of hydrogen-bond donors (Lipinski definition) is 1. The van der Waals surface area contributed by atoms with Gasteiger partial charge in [-0.15, -0.1) is 0 Å². The summed E-state index contributed by atoms with van der Waals surface area (Å²) in [6.45, 7) is 2.92.